The zero-order valence-corrected chi connectivity index (χ0v) is 13.1. The lowest BCUT2D eigenvalue weighted by Gasteiger charge is -2.17. The van der Waals surface area contributed by atoms with Crippen LogP contribution < -0.4 is 10.1 Å². The first-order valence-corrected chi connectivity index (χ1v) is 7.55. The third-order valence-electron chi connectivity index (χ3n) is 3.41. The molecule has 0 saturated carbocycles. The maximum absolute atomic E-state index is 12.7. The van der Waals surface area contributed by atoms with E-state index in [-0.39, 0.29) is 12.5 Å². The van der Waals surface area contributed by atoms with Crippen molar-refractivity contribution < 1.29 is 22.7 Å². The van der Waals surface area contributed by atoms with Crippen LogP contribution in [0.15, 0.2) is 54.6 Å². The number of carbonyl (C=O) groups excluding carboxylic acids is 1. The average molecular weight is 337 g/mol. The van der Waals surface area contributed by atoms with Gasteiger partial charge >= 0.3 is 6.18 Å². The number of rotatable bonds is 6. The number of carbonyl (C=O) groups is 1. The molecule has 0 heterocycles. The van der Waals surface area contributed by atoms with Crippen LogP contribution in [0.25, 0.3) is 0 Å². The number of amides is 1. The van der Waals surface area contributed by atoms with Crippen LogP contribution in [0.2, 0.25) is 0 Å². The van der Waals surface area contributed by atoms with Gasteiger partial charge in [-0.1, -0.05) is 37.3 Å². The monoisotopic (exact) mass is 337 g/mol. The van der Waals surface area contributed by atoms with Crippen molar-refractivity contribution in [2.24, 2.45) is 0 Å². The Labute approximate surface area is 138 Å². The molecule has 0 radical (unpaired) electrons. The van der Waals surface area contributed by atoms with Crippen molar-refractivity contribution in [1.82, 2.24) is 5.32 Å². The fourth-order valence-electron chi connectivity index (χ4n) is 2.15. The Morgan fingerprint density at radius 3 is 2.46 bits per heavy atom. The van der Waals surface area contributed by atoms with Crippen molar-refractivity contribution in [1.29, 1.82) is 0 Å². The lowest BCUT2D eigenvalue weighted by molar-refractivity contribution is -0.137. The minimum Gasteiger partial charge on any atom is -0.481 e. The summed E-state index contributed by atoms with van der Waals surface area (Å²) in [5.41, 5.74) is -0.352. The van der Waals surface area contributed by atoms with Gasteiger partial charge in [-0.25, -0.2) is 0 Å². The van der Waals surface area contributed by atoms with E-state index in [0.717, 1.165) is 12.1 Å². The third-order valence-corrected chi connectivity index (χ3v) is 3.41. The van der Waals surface area contributed by atoms with Gasteiger partial charge in [0, 0.05) is 6.54 Å². The van der Waals surface area contributed by atoms with Gasteiger partial charge in [0.15, 0.2) is 6.10 Å². The van der Waals surface area contributed by atoms with Gasteiger partial charge in [-0.15, -0.1) is 0 Å². The summed E-state index contributed by atoms with van der Waals surface area (Å²) in [6, 6.07) is 13.8. The third kappa shape index (κ3) is 5.01. The fourth-order valence-corrected chi connectivity index (χ4v) is 2.15. The van der Waals surface area contributed by atoms with Crippen LogP contribution in [0, 0.1) is 0 Å². The Hall–Kier alpha value is -2.50. The van der Waals surface area contributed by atoms with Crippen molar-refractivity contribution in [3.05, 3.63) is 65.7 Å². The first-order valence-electron chi connectivity index (χ1n) is 7.55. The summed E-state index contributed by atoms with van der Waals surface area (Å²) in [5.74, 6) is 0.206. The van der Waals surface area contributed by atoms with E-state index in [4.69, 9.17) is 4.74 Å². The van der Waals surface area contributed by atoms with Crippen molar-refractivity contribution in [3.8, 4) is 5.75 Å². The SMILES string of the molecule is CC[C@@H](Oc1ccccc1)C(=O)NCc1cccc(C(F)(F)F)c1. The highest BCUT2D eigenvalue weighted by Gasteiger charge is 2.30. The Bertz CT molecular complexity index is 671. The second-order valence-electron chi connectivity index (χ2n) is 5.24. The van der Waals surface area contributed by atoms with Crippen molar-refractivity contribution >= 4 is 5.91 Å². The van der Waals surface area contributed by atoms with Crippen LogP contribution in [0.5, 0.6) is 5.75 Å². The second-order valence-corrected chi connectivity index (χ2v) is 5.24. The molecule has 1 atom stereocenters. The lowest BCUT2D eigenvalue weighted by Crippen LogP contribution is -2.37. The molecule has 2 rings (SSSR count). The minimum atomic E-state index is -4.40. The maximum Gasteiger partial charge on any atom is 0.416 e. The van der Waals surface area contributed by atoms with E-state index in [9.17, 15) is 18.0 Å². The highest BCUT2D eigenvalue weighted by molar-refractivity contribution is 5.81. The predicted molar refractivity (Wildman–Crippen MR) is 84.4 cm³/mol. The average Bonchev–Trinajstić information content (AvgIpc) is 2.58. The molecular weight excluding hydrogens is 319 g/mol. The molecule has 1 N–H and O–H groups in total. The Morgan fingerprint density at radius 2 is 1.83 bits per heavy atom. The first-order chi connectivity index (χ1) is 11.4. The predicted octanol–water partition coefficient (Wildman–Crippen LogP) is 4.18. The molecular formula is C18H18F3NO2. The topological polar surface area (TPSA) is 38.3 Å². The number of halogens is 3. The number of ether oxygens (including phenoxy) is 1. The van der Waals surface area contributed by atoms with Crippen LogP contribution in [-0.4, -0.2) is 12.0 Å². The van der Waals surface area contributed by atoms with E-state index in [1.54, 1.807) is 31.2 Å². The lowest BCUT2D eigenvalue weighted by atomic mass is 10.1. The summed E-state index contributed by atoms with van der Waals surface area (Å²) in [7, 11) is 0. The molecule has 24 heavy (non-hydrogen) atoms. The van der Waals surface area contributed by atoms with Crippen LogP contribution in [0.1, 0.15) is 24.5 Å². The number of alkyl halides is 3. The molecule has 128 valence electrons. The van der Waals surface area contributed by atoms with Gasteiger partial charge in [0.2, 0.25) is 0 Å². The maximum atomic E-state index is 12.7. The van der Waals surface area contributed by atoms with E-state index in [2.05, 4.69) is 5.32 Å². The Morgan fingerprint density at radius 1 is 1.12 bits per heavy atom. The largest absolute Gasteiger partial charge is 0.481 e. The molecule has 0 spiro atoms. The van der Waals surface area contributed by atoms with E-state index in [0.29, 0.717) is 17.7 Å². The quantitative estimate of drug-likeness (QED) is 0.859. The molecule has 0 aliphatic rings. The molecule has 6 heteroatoms. The van der Waals surface area contributed by atoms with Crippen LogP contribution >= 0.6 is 0 Å². The zero-order chi connectivity index (χ0) is 17.6. The van der Waals surface area contributed by atoms with Crippen LogP contribution in [0.3, 0.4) is 0 Å². The highest BCUT2D eigenvalue weighted by atomic mass is 19.4. The molecule has 0 bridgehead atoms. The summed E-state index contributed by atoms with van der Waals surface area (Å²) < 4.78 is 43.7. The molecule has 2 aromatic carbocycles. The van der Waals surface area contributed by atoms with Gasteiger partial charge in [-0.3, -0.25) is 4.79 Å². The number of benzene rings is 2. The second kappa shape index (κ2) is 7.86. The first kappa shape index (κ1) is 17.8. The van der Waals surface area contributed by atoms with Gasteiger partial charge in [0.05, 0.1) is 5.56 Å². The van der Waals surface area contributed by atoms with Crippen LogP contribution in [0.4, 0.5) is 13.2 Å². The molecule has 2 aromatic rings. The molecule has 3 nitrogen and oxygen atoms in total. The van der Waals surface area contributed by atoms with E-state index in [1.165, 1.54) is 12.1 Å². The summed E-state index contributed by atoms with van der Waals surface area (Å²) in [5, 5.41) is 2.62. The molecule has 0 aromatic heterocycles. The number of hydrogen-bond acceptors (Lipinski definition) is 2. The fraction of sp³-hybridized carbons (Fsp3) is 0.278. The number of nitrogens with one attached hydrogen (secondary N) is 1. The van der Waals surface area contributed by atoms with Crippen molar-refractivity contribution in [3.63, 3.8) is 0 Å². The summed E-state index contributed by atoms with van der Waals surface area (Å²) in [6.45, 7) is 1.81. The molecule has 0 saturated heterocycles. The zero-order valence-electron chi connectivity index (χ0n) is 13.1. The Kier molecular flexibility index (Phi) is 5.84. The smallest absolute Gasteiger partial charge is 0.416 e. The van der Waals surface area contributed by atoms with E-state index < -0.39 is 17.8 Å². The van der Waals surface area contributed by atoms with Crippen LogP contribution in [-0.2, 0) is 17.5 Å². The molecule has 0 fully saturated rings. The number of hydrogen-bond donors (Lipinski definition) is 1. The summed E-state index contributed by atoms with van der Waals surface area (Å²) >= 11 is 0. The molecule has 0 aliphatic heterocycles. The van der Waals surface area contributed by atoms with Gasteiger partial charge in [-0.05, 0) is 36.2 Å². The van der Waals surface area contributed by atoms with Gasteiger partial charge in [0.25, 0.3) is 5.91 Å². The Balaban J connectivity index is 1.96. The minimum absolute atomic E-state index is 0.0113. The van der Waals surface area contributed by atoms with Gasteiger partial charge in [0.1, 0.15) is 5.75 Å². The van der Waals surface area contributed by atoms with Crippen molar-refractivity contribution in [2.45, 2.75) is 32.2 Å². The summed E-state index contributed by atoms with van der Waals surface area (Å²) in [6.07, 6.45) is -4.65. The number of para-hydroxylation sites is 1. The van der Waals surface area contributed by atoms with Gasteiger partial charge < -0.3 is 10.1 Å². The molecule has 0 unspecified atom stereocenters. The molecule has 0 aliphatic carbocycles. The molecule has 1 amide bonds. The standard InChI is InChI=1S/C18H18F3NO2/c1-2-16(24-15-9-4-3-5-10-15)17(23)22-12-13-7-6-8-14(11-13)18(19,20)21/h3-11,16H,2,12H2,1H3,(H,22,23)/t16-/m1/s1. The van der Waals surface area contributed by atoms with E-state index >= 15 is 0 Å². The van der Waals surface area contributed by atoms with Crippen molar-refractivity contribution in [2.75, 3.05) is 0 Å². The highest BCUT2D eigenvalue weighted by Crippen LogP contribution is 2.29. The van der Waals surface area contributed by atoms with Gasteiger partial charge in [-0.2, -0.15) is 13.2 Å². The normalized spacial score (nSPS) is 12.5. The summed E-state index contributed by atoms with van der Waals surface area (Å²) in [4.78, 5) is 12.2. The van der Waals surface area contributed by atoms with E-state index in [1.807, 2.05) is 6.07 Å².